The Morgan fingerprint density at radius 3 is 2.60 bits per heavy atom. The molecule has 1 fully saturated rings. The predicted molar refractivity (Wildman–Crippen MR) is 123 cm³/mol. The van der Waals surface area contributed by atoms with Crippen molar-refractivity contribution in [3.63, 3.8) is 0 Å². The second-order valence-electron chi connectivity index (χ2n) is 7.70. The van der Waals surface area contributed by atoms with Crippen LogP contribution in [0.4, 0.5) is 5.69 Å². The number of hydrogen-bond acceptors (Lipinski definition) is 4. The average molecular weight is 429 g/mol. The Morgan fingerprint density at radius 1 is 1.17 bits per heavy atom. The van der Waals surface area contributed by atoms with Crippen molar-refractivity contribution in [3.8, 4) is 11.5 Å². The molecule has 0 spiro atoms. The highest BCUT2D eigenvalue weighted by atomic mass is 32.1. The maximum absolute atomic E-state index is 12.4. The summed E-state index contributed by atoms with van der Waals surface area (Å²) in [6, 6.07) is 11.4. The highest BCUT2D eigenvalue weighted by molar-refractivity contribution is 7.80. The highest BCUT2D eigenvalue weighted by Crippen LogP contribution is 2.29. The van der Waals surface area contributed by atoms with E-state index in [-0.39, 0.29) is 12.5 Å². The van der Waals surface area contributed by atoms with E-state index in [1.807, 2.05) is 50.2 Å². The summed E-state index contributed by atoms with van der Waals surface area (Å²) in [6.07, 6.45) is 0. The van der Waals surface area contributed by atoms with Crippen LogP contribution in [0.15, 0.2) is 36.4 Å². The van der Waals surface area contributed by atoms with Crippen LogP contribution in [-0.2, 0) is 4.79 Å². The zero-order chi connectivity index (χ0) is 21.7. The van der Waals surface area contributed by atoms with Gasteiger partial charge in [-0.25, -0.2) is 0 Å². The number of rotatable bonds is 6. The van der Waals surface area contributed by atoms with Crippen LogP contribution in [-0.4, -0.2) is 62.7 Å². The van der Waals surface area contributed by atoms with E-state index in [0.717, 1.165) is 53.5 Å². The van der Waals surface area contributed by atoms with Crippen LogP contribution >= 0.6 is 12.2 Å². The molecular weight excluding hydrogens is 398 g/mol. The number of likely N-dealkylation sites (N-methyl/N-ethyl adjacent to an activating group) is 1. The van der Waals surface area contributed by atoms with Gasteiger partial charge in [0.25, 0.3) is 5.91 Å². The van der Waals surface area contributed by atoms with Crippen molar-refractivity contribution in [3.05, 3.63) is 53.1 Å². The lowest BCUT2D eigenvalue weighted by Crippen LogP contribution is -3.12. The fraction of sp³-hybridized carbons (Fsp3) is 0.391. The predicted octanol–water partition coefficient (Wildman–Crippen LogP) is 1.84. The average Bonchev–Trinajstić information content (AvgIpc) is 2.75. The van der Waals surface area contributed by atoms with Gasteiger partial charge in [-0.2, -0.15) is 0 Å². The SMILES string of the molecule is COc1cc(C(=S)N2CC[NH+](C)CC2)ccc1OCC(=O)Nc1cccc(C)c1C. The molecule has 0 radical (unpaired) electrons. The van der Waals surface area contributed by atoms with Crippen molar-refractivity contribution < 1.29 is 19.2 Å². The molecule has 1 heterocycles. The van der Waals surface area contributed by atoms with Gasteiger partial charge >= 0.3 is 0 Å². The molecule has 1 aliphatic rings. The molecule has 0 bridgehead atoms. The van der Waals surface area contributed by atoms with Crippen molar-refractivity contribution in [1.82, 2.24) is 4.90 Å². The monoisotopic (exact) mass is 428 g/mol. The third kappa shape index (κ3) is 5.29. The van der Waals surface area contributed by atoms with Gasteiger partial charge in [0.05, 0.1) is 40.3 Å². The van der Waals surface area contributed by atoms with Gasteiger partial charge in [-0.15, -0.1) is 0 Å². The number of benzene rings is 2. The Hall–Kier alpha value is -2.64. The first-order chi connectivity index (χ1) is 14.4. The maximum atomic E-state index is 12.4. The number of aryl methyl sites for hydroxylation is 1. The van der Waals surface area contributed by atoms with Crippen molar-refractivity contribution >= 4 is 28.8 Å². The van der Waals surface area contributed by atoms with Gasteiger partial charge in [-0.3, -0.25) is 4.79 Å². The van der Waals surface area contributed by atoms with Gasteiger partial charge in [0.15, 0.2) is 18.1 Å². The summed E-state index contributed by atoms with van der Waals surface area (Å²) < 4.78 is 11.2. The molecule has 2 aromatic carbocycles. The number of quaternary nitrogens is 1. The minimum absolute atomic E-state index is 0.102. The molecule has 0 aromatic heterocycles. The van der Waals surface area contributed by atoms with Crippen molar-refractivity contribution in [1.29, 1.82) is 0 Å². The third-order valence-corrected chi connectivity index (χ3v) is 6.05. The number of nitrogens with one attached hydrogen (secondary N) is 2. The molecule has 1 aliphatic heterocycles. The topological polar surface area (TPSA) is 55.2 Å². The number of thiocarbonyl (C=S) groups is 1. The Bertz CT molecular complexity index is 924. The van der Waals surface area contributed by atoms with E-state index >= 15 is 0 Å². The third-order valence-electron chi connectivity index (χ3n) is 5.55. The molecule has 6 nitrogen and oxygen atoms in total. The molecule has 30 heavy (non-hydrogen) atoms. The van der Waals surface area contributed by atoms with Crippen LogP contribution in [0.1, 0.15) is 16.7 Å². The van der Waals surface area contributed by atoms with E-state index in [2.05, 4.69) is 17.3 Å². The second kappa shape index (κ2) is 9.91. The molecule has 1 saturated heterocycles. The molecule has 2 N–H and O–H groups in total. The van der Waals surface area contributed by atoms with Crippen LogP contribution in [0.5, 0.6) is 11.5 Å². The molecule has 0 unspecified atom stereocenters. The van der Waals surface area contributed by atoms with Crippen LogP contribution in [0.25, 0.3) is 0 Å². The Kier molecular flexibility index (Phi) is 7.29. The summed E-state index contributed by atoms with van der Waals surface area (Å²) in [5.74, 6) is 0.863. The van der Waals surface area contributed by atoms with Crippen molar-refractivity contribution in [2.45, 2.75) is 13.8 Å². The molecule has 2 aromatic rings. The lowest BCUT2D eigenvalue weighted by molar-refractivity contribution is -0.883. The summed E-state index contributed by atoms with van der Waals surface area (Å²) in [5.41, 5.74) is 3.90. The van der Waals surface area contributed by atoms with Crippen LogP contribution in [0.2, 0.25) is 0 Å². The quantitative estimate of drug-likeness (QED) is 0.688. The number of anilines is 1. The first kappa shape index (κ1) is 22.1. The van der Waals surface area contributed by atoms with Gasteiger partial charge in [-0.1, -0.05) is 24.4 Å². The number of hydrogen-bond donors (Lipinski definition) is 2. The van der Waals surface area contributed by atoms with E-state index in [0.29, 0.717) is 11.5 Å². The zero-order valence-corrected chi connectivity index (χ0v) is 18.9. The van der Waals surface area contributed by atoms with Gasteiger partial charge < -0.3 is 24.6 Å². The molecule has 7 heteroatoms. The smallest absolute Gasteiger partial charge is 0.262 e. The minimum Gasteiger partial charge on any atom is -0.493 e. The number of methoxy groups -OCH3 is 1. The lowest BCUT2D eigenvalue weighted by Gasteiger charge is -2.32. The van der Waals surface area contributed by atoms with Crippen LogP contribution in [0.3, 0.4) is 0 Å². The lowest BCUT2D eigenvalue weighted by atomic mass is 10.1. The van der Waals surface area contributed by atoms with E-state index in [1.54, 1.807) is 7.11 Å². The zero-order valence-electron chi connectivity index (χ0n) is 18.1. The van der Waals surface area contributed by atoms with Crippen molar-refractivity contribution in [2.75, 3.05) is 52.3 Å². The Labute approximate surface area is 183 Å². The van der Waals surface area contributed by atoms with Crippen LogP contribution < -0.4 is 19.7 Å². The summed E-state index contributed by atoms with van der Waals surface area (Å²) in [5, 5.41) is 2.90. The number of carbonyl (C=O) groups excluding carboxylic acids is 1. The molecule has 3 rings (SSSR count). The first-order valence-corrected chi connectivity index (χ1v) is 10.6. The minimum atomic E-state index is -0.217. The molecule has 160 valence electrons. The Morgan fingerprint density at radius 2 is 1.90 bits per heavy atom. The number of amides is 1. The van der Waals surface area contributed by atoms with Gasteiger partial charge in [0.2, 0.25) is 0 Å². The van der Waals surface area contributed by atoms with E-state index in [4.69, 9.17) is 21.7 Å². The largest absolute Gasteiger partial charge is 0.493 e. The summed E-state index contributed by atoms with van der Waals surface area (Å²) in [4.78, 5) is 16.9. The molecule has 0 saturated carbocycles. The standard InChI is InChI=1S/C23H29N3O3S/c1-16-6-5-7-19(17(16)2)24-22(27)15-29-20-9-8-18(14-21(20)28-4)23(30)26-12-10-25(3)11-13-26/h5-9,14H,10-13,15H2,1-4H3,(H,24,27)/p+1. The van der Waals surface area contributed by atoms with E-state index in [9.17, 15) is 4.79 Å². The van der Waals surface area contributed by atoms with Gasteiger partial charge in [0.1, 0.15) is 4.99 Å². The summed E-state index contributed by atoms with van der Waals surface area (Å²) >= 11 is 5.69. The summed E-state index contributed by atoms with van der Waals surface area (Å²) in [6.45, 7) is 7.95. The summed E-state index contributed by atoms with van der Waals surface area (Å²) in [7, 11) is 3.79. The molecule has 1 amide bonds. The number of piperazine rings is 1. The highest BCUT2D eigenvalue weighted by Gasteiger charge is 2.21. The number of carbonyl (C=O) groups is 1. The Balaban J connectivity index is 1.63. The van der Waals surface area contributed by atoms with Crippen LogP contribution in [0, 0.1) is 13.8 Å². The van der Waals surface area contributed by atoms with Crippen molar-refractivity contribution in [2.24, 2.45) is 0 Å². The molecule has 0 atom stereocenters. The number of ether oxygens (including phenoxy) is 2. The fourth-order valence-electron chi connectivity index (χ4n) is 3.41. The number of nitrogens with zero attached hydrogens (tertiary/aromatic N) is 1. The first-order valence-electron chi connectivity index (χ1n) is 10.2. The fourth-order valence-corrected chi connectivity index (χ4v) is 3.72. The normalized spacial score (nSPS) is 14.3. The van der Waals surface area contributed by atoms with Gasteiger partial charge in [0, 0.05) is 11.3 Å². The van der Waals surface area contributed by atoms with E-state index in [1.165, 1.54) is 4.90 Å². The van der Waals surface area contributed by atoms with E-state index < -0.39 is 0 Å². The maximum Gasteiger partial charge on any atom is 0.262 e. The molecular formula is C23H30N3O3S+. The second-order valence-corrected chi connectivity index (χ2v) is 8.09. The van der Waals surface area contributed by atoms with Gasteiger partial charge in [-0.05, 0) is 49.2 Å². The molecule has 0 aliphatic carbocycles.